The summed E-state index contributed by atoms with van der Waals surface area (Å²) in [6, 6.07) is 14.7. The van der Waals surface area contributed by atoms with Crippen molar-refractivity contribution in [1.29, 1.82) is 0 Å². The number of rotatable bonds is 10. The van der Waals surface area contributed by atoms with Gasteiger partial charge in [0.2, 0.25) is 0 Å². The Labute approximate surface area is 226 Å². The highest BCUT2D eigenvalue weighted by atomic mass is 16.6. The van der Waals surface area contributed by atoms with Crippen LogP contribution in [0, 0.1) is 6.92 Å². The van der Waals surface area contributed by atoms with Gasteiger partial charge < -0.3 is 28.5 Å². The SMILES string of the molecule is BN(Cc1ccc2c(c1)OCCO2)C1CCN(CCn2c(=O)cc(C)c3ccc(OCCCC)cc32)CC1. The lowest BCUT2D eigenvalue weighted by molar-refractivity contribution is 0.153. The van der Waals surface area contributed by atoms with Crippen LogP contribution in [0.15, 0.2) is 47.3 Å². The average molecular weight is 517 g/mol. The number of unbranched alkanes of at least 4 members (excludes halogenated alkanes) is 1. The summed E-state index contributed by atoms with van der Waals surface area (Å²) in [7, 11) is 2.22. The van der Waals surface area contributed by atoms with Gasteiger partial charge in [-0.3, -0.25) is 4.79 Å². The van der Waals surface area contributed by atoms with E-state index in [4.69, 9.17) is 14.2 Å². The second kappa shape index (κ2) is 12.3. The molecule has 0 amide bonds. The zero-order valence-electron chi connectivity index (χ0n) is 23.1. The third-order valence-corrected chi connectivity index (χ3v) is 7.92. The minimum Gasteiger partial charge on any atom is -0.494 e. The van der Waals surface area contributed by atoms with Crippen molar-refractivity contribution in [3.63, 3.8) is 0 Å². The van der Waals surface area contributed by atoms with Gasteiger partial charge in [0.15, 0.2) is 19.5 Å². The van der Waals surface area contributed by atoms with E-state index in [9.17, 15) is 4.79 Å². The van der Waals surface area contributed by atoms with Crippen molar-refractivity contribution < 1.29 is 14.2 Å². The van der Waals surface area contributed by atoms with Crippen LogP contribution in [0.2, 0.25) is 0 Å². The summed E-state index contributed by atoms with van der Waals surface area (Å²) in [6.45, 7) is 10.6. The van der Waals surface area contributed by atoms with Crippen molar-refractivity contribution in [2.75, 3.05) is 39.5 Å². The van der Waals surface area contributed by atoms with Gasteiger partial charge in [-0.15, -0.1) is 0 Å². The first-order valence-corrected chi connectivity index (χ1v) is 14.1. The van der Waals surface area contributed by atoms with Gasteiger partial charge in [-0.2, -0.15) is 0 Å². The number of aromatic nitrogens is 1. The van der Waals surface area contributed by atoms with Crippen molar-refractivity contribution >= 4 is 18.9 Å². The Morgan fingerprint density at radius 2 is 1.82 bits per heavy atom. The van der Waals surface area contributed by atoms with E-state index >= 15 is 0 Å². The number of hydrogen-bond acceptors (Lipinski definition) is 6. The van der Waals surface area contributed by atoms with Crippen molar-refractivity contribution in [1.82, 2.24) is 14.3 Å². The number of likely N-dealkylation sites (tertiary alicyclic amines) is 1. The van der Waals surface area contributed by atoms with E-state index in [1.165, 1.54) is 5.56 Å². The number of piperidine rings is 1. The largest absolute Gasteiger partial charge is 0.494 e. The molecule has 0 atom stereocenters. The zero-order valence-corrected chi connectivity index (χ0v) is 23.1. The summed E-state index contributed by atoms with van der Waals surface area (Å²) in [4.78, 5) is 17.9. The van der Waals surface area contributed by atoms with Crippen molar-refractivity contribution in [3.8, 4) is 17.2 Å². The topological polar surface area (TPSA) is 56.2 Å². The van der Waals surface area contributed by atoms with E-state index < -0.39 is 0 Å². The molecule has 202 valence electrons. The number of ether oxygens (including phenoxy) is 3. The second-order valence-electron chi connectivity index (χ2n) is 10.7. The summed E-state index contributed by atoms with van der Waals surface area (Å²) in [6.07, 6.45) is 4.38. The zero-order chi connectivity index (χ0) is 26.5. The fourth-order valence-corrected chi connectivity index (χ4v) is 5.61. The highest BCUT2D eigenvalue weighted by Gasteiger charge is 2.23. The van der Waals surface area contributed by atoms with Gasteiger partial charge >= 0.3 is 0 Å². The van der Waals surface area contributed by atoms with Crippen molar-refractivity contribution in [3.05, 3.63) is 63.9 Å². The highest BCUT2D eigenvalue weighted by molar-refractivity contribution is 6.04. The molecule has 1 aromatic heterocycles. The number of nitrogens with zero attached hydrogens (tertiary/aromatic N) is 3. The van der Waals surface area contributed by atoms with Crippen LogP contribution in [-0.2, 0) is 13.1 Å². The van der Waals surface area contributed by atoms with E-state index in [-0.39, 0.29) is 5.56 Å². The van der Waals surface area contributed by atoms with Crippen LogP contribution in [0.25, 0.3) is 10.9 Å². The highest BCUT2D eigenvalue weighted by Crippen LogP contribution is 2.31. The van der Waals surface area contributed by atoms with Crippen LogP contribution in [0.1, 0.15) is 43.7 Å². The molecule has 0 saturated carbocycles. The molecular formula is C30H40BN3O4. The molecule has 5 rings (SSSR count). The molecule has 2 aromatic carbocycles. The van der Waals surface area contributed by atoms with E-state index in [1.54, 1.807) is 6.07 Å². The average Bonchev–Trinajstić information content (AvgIpc) is 2.93. The van der Waals surface area contributed by atoms with E-state index in [0.717, 1.165) is 85.6 Å². The summed E-state index contributed by atoms with van der Waals surface area (Å²) in [5.74, 6) is 2.54. The molecule has 8 heteroatoms. The van der Waals surface area contributed by atoms with Crippen LogP contribution >= 0.6 is 0 Å². The molecule has 2 aliphatic heterocycles. The van der Waals surface area contributed by atoms with Gasteiger partial charge in [0.1, 0.15) is 19.0 Å². The lowest BCUT2D eigenvalue weighted by Gasteiger charge is -2.37. The maximum Gasteiger partial charge on any atom is 0.251 e. The Kier molecular flexibility index (Phi) is 8.60. The number of pyridine rings is 1. The first-order valence-electron chi connectivity index (χ1n) is 14.1. The molecule has 0 radical (unpaired) electrons. The van der Waals surface area contributed by atoms with Crippen LogP contribution < -0.4 is 19.8 Å². The molecule has 3 aromatic rings. The second-order valence-corrected chi connectivity index (χ2v) is 10.7. The van der Waals surface area contributed by atoms with E-state index in [1.807, 2.05) is 29.7 Å². The van der Waals surface area contributed by atoms with Gasteiger partial charge in [0.05, 0.1) is 12.1 Å². The van der Waals surface area contributed by atoms with Crippen LogP contribution in [-0.4, -0.2) is 67.8 Å². The van der Waals surface area contributed by atoms with Gasteiger partial charge in [-0.05, 0) is 74.7 Å². The Morgan fingerprint density at radius 3 is 2.61 bits per heavy atom. The smallest absolute Gasteiger partial charge is 0.251 e. The van der Waals surface area contributed by atoms with Crippen LogP contribution in [0.5, 0.6) is 17.2 Å². The van der Waals surface area contributed by atoms with Crippen molar-refractivity contribution in [2.24, 2.45) is 0 Å². The number of benzene rings is 2. The molecule has 1 fully saturated rings. The summed E-state index contributed by atoms with van der Waals surface area (Å²) >= 11 is 0. The monoisotopic (exact) mass is 517 g/mol. The minimum atomic E-state index is 0.0646. The predicted octanol–water partition coefficient (Wildman–Crippen LogP) is 3.77. The minimum absolute atomic E-state index is 0.0646. The molecular weight excluding hydrogens is 477 g/mol. The lowest BCUT2D eigenvalue weighted by Crippen LogP contribution is -2.44. The molecule has 7 nitrogen and oxygen atoms in total. The van der Waals surface area contributed by atoms with Crippen LogP contribution in [0.3, 0.4) is 0 Å². The molecule has 3 heterocycles. The Balaban J connectivity index is 1.17. The normalized spacial score (nSPS) is 16.3. The lowest BCUT2D eigenvalue weighted by atomic mass is 9.99. The maximum atomic E-state index is 13.0. The quantitative estimate of drug-likeness (QED) is 0.302. The first kappa shape index (κ1) is 26.6. The number of hydrogen-bond donors (Lipinski definition) is 0. The molecule has 1 saturated heterocycles. The van der Waals surface area contributed by atoms with E-state index in [2.05, 4.69) is 42.8 Å². The molecule has 38 heavy (non-hydrogen) atoms. The fraction of sp³-hybridized carbons (Fsp3) is 0.500. The third-order valence-electron chi connectivity index (χ3n) is 7.92. The maximum absolute atomic E-state index is 13.0. The van der Waals surface area contributed by atoms with Gasteiger partial charge in [0.25, 0.3) is 5.56 Å². The third kappa shape index (κ3) is 6.19. The Morgan fingerprint density at radius 1 is 1.03 bits per heavy atom. The molecule has 0 bridgehead atoms. The fourth-order valence-electron chi connectivity index (χ4n) is 5.61. The van der Waals surface area contributed by atoms with Gasteiger partial charge in [-0.25, -0.2) is 0 Å². The number of fused-ring (bicyclic) bond motifs is 2. The molecule has 0 spiro atoms. The summed E-state index contributed by atoms with van der Waals surface area (Å²) < 4.78 is 19.3. The van der Waals surface area contributed by atoms with Crippen molar-refractivity contribution in [2.45, 2.75) is 58.7 Å². The Hall–Kier alpha value is -2.97. The molecule has 0 N–H and O–H groups in total. The van der Waals surface area contributed by atoms with E-state index in [0.29, 0.717) is 32.4 Å². The van der Waals surface area contributed by atoms with Gasteiger partial charge in [-0.1, -0.05) is 19.4 Å². The molecule has 0 aliphatic carbocycles. The Bertz CT molecular complexity index is 1300. The summed E-state index contributed by atoms with van der Waals surface area (Å²) in [5.41, 5.74) is 3.30. The summed E-state index contributed by atoms with van der Waals surface area (Å²) in [5, 5.41) is 1.12. The predicted molar refractivity (Wildman–Crippen MR) is 154 cm³/mol. The van der Waals surface area contributed by atoms with Crippen LogP contribution in [0.4, 0.5) is 0 Å². The molecule has 2 aliphatic rings. The molecule has 0 unspecified atom stereocenters. The standard InChI is InChI=1S/C30H40BN3O4/c1-3-4-15-36-25-6-7-26-22(2)18-30(35)33(27(26)20-25)14-13-32-11-9-24(10-12-32)34(31)21-23-5-8-28-29(19-23)38-17-16-37-28/h5-8,18-20,24H,3-4,9-17,21,31H2,1-2H3. The first-order chi connectivity index (χ1) is 18.5. The van der Waals surface area contributed by atoms with Gasteiger partial charge in [0, 0.05) is 43.2 Å². The number of aryl methyl sites for hydroxylation is 1.